The molecule has 0 unspecified atom stereocenters. The van der Waals surface area contributed by atoms with Crippen LogP contribution in [0.4, 0.5) is 8.78 Å². The normalized spacial score (nSPS) is 16.3. The van der Waals surface area contributed by atoms with Crippen molar-refractivity contribution in [3.63, 3.8) is 0 Å². The first-order chi connectivity index (χ1) is 10.1. The third-order valence-electron chi connectivity index (χ3n) is 3.44. The molecule has 0 aliphatic carbocycles. The van der Waals surface area contributed by atoms with Crippen LogP contribution in [0.1, 0.15) is 10.4 Å². The number of piperazine rings is 1. The van der Waals surface area contributed by atoms with E-state index in [9.17, 15) is 13.6 Å². The summed E-state index contributed by atoms with van der Waals surface area (Å²) < 4.78 is 29.2. The lowest BCUT2D eigenvalue weighted by Crippen LogP contribution is -2.49. The van der Waals surface area contributed by atoms with E-state index in [1.54, 1.807) is 17.0 Å². The Kier molecular flexibility index (Phi) is 5.46. The number of benzene rings is 1. The fourth-order valence-corrected chi connectivity index (χ4v) is 2.37. The van der Waals surface area contributed by atoms with Gasteiger partial charge in [-0.1, -0.05) is 12.1 Å². The molecule has 0 radical (unpaired) electrons. The molecular formula is C14H19F2N3O2. The summed E-state index contributed by atoms with van der Waals surface area (Å²) in [7, 11) is 0. The Hall–Kier alpha value is -1.73. The molecule has 116 valence electrons. The number of rotatable bonds is 5. The van der Waals surface area contributed by atoms with E-state index in [0.29, 0.717) is 19.6 Å². The van der Waals surface area contributed by atoms with Crippen LogP contribution in [-0.4, -0.2) is 61.6 Å². The molecular weight excluding hydrogens is 280 g/mol. The molecule has 1 saturated heterocycles. The van der Waals surface area contributed by atoms with Crippen LogP contribution in [0.3, 0.4) is 0 Å². The van der Waals surface area contributed by atoms with Gasteiger partial charge in [0.05, 0.1) is 5.56 Å². The zero-order chi connectivity index (χ0) is 15.2. The number of ether oxygens (including phenoxy) is 1. The van der Waals surface area contributed by atoms with Gasteiger partial charge in [-0.2, -0.15) is 8.78 Å². The molecule has 2 N–H and O–H groups in total. The first-order valence-corrected chi connectivity index (χ1v) is 6.87. The van der Waals surface area contributed by atoms with E-state index in [1.807, 2.05) is 0 Å². The number of amides is 1. The highest BCUT2D eigenvalue weighted by atomic mass is 19.3. The number of nitrogens with zero attached hydrogens (tertiary/aromatic N) is 2. The summed E-state index contributed by atoms with van der Waals surface area (Å²) in [6.07, 6.45) is 0. The monoisotopic (exact) mass is 299 g/mol. The lowest BCUT2D eigenvalue weighted by molar-refractivity contribution is -0.0503. The van der Waals surface area contributed by atoms with Crippen LogP contribution in [-0.2, 0) is 0 Å². The van der Waals surface area contributed by atoms with Gasteiger partial charge >= 0.3 is 6.61 Å². The summed E-state index contributed by atoms with van der Waals surface area (Å²) >= 11 is 0. The Morgan fingerprint density at radius 1 is 1.24 bits per heavy atom. The SMILES string of the molecule is NCCN1CCN(C(=O)c2ccccc2OC(F)F)CC1. The van der Waals surface area contributed by atoms with E-state index in [-0.39, 0.29) is 17.2 Å². The zero-order valence-electron chi connectivity index (χ0n) is 11.7. The van der Waals surface area contributed by atoms with E-state index in [4.69, 9.17) is 5.73 Å². The summed E-state index contributed by atoms with van der Waals surface area (Å²) in [5.74, 6) is -0.361. The molecule has 0 aromatic heterocycles. The van der Waals surface area contributed by atoms with Gasteiger partial charge in [-0.3, -0.25) is 9.69 Å². The zero-order valence-corrected chi connectivity index (χ0v) is 11.7. The van der Waals surface area contributed by atoms with Gasteiger partial charge in [0.15, 0.2) is 0 Å². The van der Waals surface area contributed by atoms with Gasteiger partial charge in [-0.25, -0.2) is 0 Å². The van der Waals surface area contributed by atoms with Gasteiger partial charge in [0.1, 0.15) is 5.75 Å². The number of carbonyl (C=O) groups excluding carboxylic acids is 1. The van der Waals surface area contributed by atoms with Gasteiger partial charge in [0.25, 0.3) is 5.91 Å². The minimum absolute atomic E-state index is 0.0816. The van der Waals surface area contributed by atoms with Crippen molar-refractivity contribution < 1.29 is 18.3 Å². The Balaban J connectivity index is 2.04. The molecule has 2 rings (SSSR count). The van der Waals surface area contributed by atoms with E-state index in [2.05, 4.69) is 9.64 Å². The largest absolute Gasteiger partial charge is 0.434 e. The summed E-state index contributed by atoms with van der Waals surface area (Å²) in [5, 5.41) is 0. The van der Waals surface area contributed by atoms with Crippen LogP contribution in [0, 0.1) is 0 Å². The summed E-state index contributed by atoms with van der Waals surface area (Å²) in [6.45, 7) is 1.03. The molecule has 0 bridgehead atoms. The highest BCUT2D eigenvalue weighted by molar-refractivity contribution is 5.97. The number of hydrogen-bond donors (Lipinski definition) is 1. The average molecular weight is 299 g/mol. The maximum Gasteiger partial charge on any atom is 0.387 e. The topological polar surface area (TPSA) is 58.8 Å². The molecule has 1 amide bonds. The molecule has 1 aliphatic heterocycles. The van der Waals surface area contributed by atoms with E-state index in [0.717, 1.165) is 19.6 Å². The highest BCUT2D eigenvalue weighted by Gasteiger charge is 2.24. The lowest BCUT2D eigenvalue weighted by Gasteiger charge is -2.34. The van der Waals surface area contributed by atoms with Crippen molar-refractivity contribution in [2.75, 3.05) is 39.3 Å². The second-order valence-corrected chi connectivity index (χ2v) is 4.80. The molecule has 5 nitrogen and oxygen atoms in total. The maximum atomic E-state index is 12.4. The van der Waals surface area contributed by atoms with Crippen molar-refractivity contribution in [2.45, 2.75) is 6.61 Å². The Bertz CT molecular complexity index is 477. The van der Waals surface area contributed by atoms with Crippen molar-refractivity contribution in [3.05, 3.63) is 29.8 Å². The predicted molar refractivity (Wildman–Crippen MR) is 74.5 cm³/mol. The second-order valence-electron chi connectivity index (χ2n) is 4.80. The fourth-order valence-electron chi connectivity index (χ4n) is 2.37. The highest BCUT2D eigenvalue weighted by Crippen LogP contribution is 2.22. The number of hydrogen-bond acceptors (Lipinski definition) is 4. The predicted octanol–water partition coefficient (Wildman–Crippen LogP) is 1.00. The molecule has 1 aliphatic rings. The minimum Gasteiger partial charge on any atom is -0.434 e. The van der Waals surface area contributed by atoms with Gasteiger partial charge in [-0.05, 0) is 12.1 Å². The number of halogens is 2. The molecule has 7 heteroatoms. The van der Waals surface area contributed by atoms with Crippen molar-refractivity contribution in [1.29, 1.82) is 0 Å². The molecule has 0 saturated carbocycles. The Morgan fingerprint density at radius 2 is 1.90 bits per heavy atom. The van der Waals surface area contributed by atoms with Crippen LogP contribution in [0.5, 0.6) is 5.75 Å². The quantitative estimate of drug-likeness (QED) is 0.881. The Labute approximate surface area is 122 Å². The lowest BCUT2D eigenvalue weighted by atomic mass is 10.1. The summed E-state index contributed by atoms with van der Waals surface area (Å²) in [4.78, 5) is 16.2. The smallest absolute Gasteiger partial charge is 0.387 e. The van der Waals surface area contributed by atoms with Gasteiger partial charge < -0.3 is 15.4 Å². The van der Waals surface area contributed by atoms with Crippen LogP contribution in [0.15, 0.2) is 24.3 Å². The van der Waals surface area contributed by atoms with Crippen LogP contribution in [0.25, 0.3) is 0 Å². The molecule has 0 spiro atoms. The third kappa shape index (κ3) is 4.12. The minimum atomic E-state index is -2.94. The molecule has 0 atom stereocenters. The number of carbonyl (C=O) groups is 1. The number of nitrogens with two attached hydrogens (primary N) is 1. The first-order valence-electron chi connectivity index (χ1n) is 6.87. The van der Waals surface area contributed by atoms with E-state index < -0.39 is 6.61 Å². The second kappa shape index (κ2) is 7.33. The van der Waals surface area contributed by atoms with Crippen molar-refractivity contribution in [2.24, 2.45) is 5.73 Å². The first kappa shape index (κ1) is 15.7. The molecule has 1 aromatic rings. The van der Waals surface area contributed by atoms with Crippen LogP contribution >= 0.6 is 0 Å². The van der Waals surface area contributed by atoms with Gasteiger partial charge in [0.2, 0.25) is 0 Å². The number of para-hydroxylation sites is 1. The molecule has 1 fully saturated rings. The Morgan fingerprint density at radius 3 is 2.52 bits per heavy atom. The molecule has 1 aromatic carbocycles. The number of alkyl halides is 2. The summed E-state index contributed by atoms with van der Waals surface area (Å²) in [5.41, 5.74) is 5.67. The van der Waals surface area contributed by atoms with Gasteiger partial charge in [0, 0.05) is 39.3 Å². The van der Waals surface area contributed by atoms with Crippen molar-refractivity contribution in [3.8, 4) is 5.75 Å². The average Bonchev–Trinajstić information content (AvgIpc) is 2.48. The van der Waals surface area contributed by atoms with E-state index in [1.165, 1.54) is 12.1 Å². The van der Waals surface area contributed by atoms with E-state index >= 15 is 0 Å². The van der Waals surface area contributed by atoms with Gasteiger partial charge in [-0.15, -0.1) is 0 Å². The maximum absolute atomic E-state index is 12.4. The standard InChI is InChI=1S/C14H19F2N3O2/c15-14(16)21-12-4-2-1-3-11(12)13(20)19-9-7-18(6-5-17)8-10-19/h1-4,14H,5-10,17H2. The molecule has 1 heterocycles. The van der Waals surface area contributed by atoms with Crippen LogP contribution in [0.2, 0.25) is 0 Å². The third-order valence-corrected chi connectivity index (χ3v) is 3.44. The molecule has 21 heavy (non-hydrogen) atoms. The summed E-state index contributed by atoms with van der Waals surface area (Å²) in [6, 6.07) is 6.08. The van der Waals surface area contributed by atoms with Crippen molar-refractivity contribution in [1.82, 2.24) is 9.80 Å². The fraction of sp³-hybridized carbons (Fsp3) is 0.500. The van der Waals surface area contributed by atoms with Crippen molar-refractivity contribution >= 4 is 5.91 Å². The van der Waals surface area contributed by atoms with Crippen LogP contribution < -0.4 is 10.5 Å².